The van der Waals surface area contributed by atoms with Crippen LogP contribution >= 0.6 is 0 Å². The third kappa shape index (κ3) is 50.7. The molecule has 340 valence electrons. The highest BCUT2D eigenvalue weighted by molar-refractivity contribution is 5.69. The van der Waals surface area contributed by atoms with Gasteiger partial charge in [0.05, 0.1) is 119 Å². The highest BCUT2D eigenvalue weighted by Crippen LogP contribution is 2.14. The Bertz CT molecular complexity index is 789. The van der Waals surface area contributed by atoms with Gasteiger partial charge in [-0.25, -0.2) is 0 Å². The zero-order valence-electron chi connectivity index (χ0n) is 36.6. The van der Waals surface area contributed by atoms with Crippen molar-refractivity contribution in [2.45, 2.75) is 142 Å². The van der Waals surface area contributed by atoms with Crippen LogP contribution in [0.5, 0.6) is 0 Å². The van der Waals surface area contributed by atoms with Crippen LogP contribution in [0.1, 0.15) is 142 Å². The molecule has 0 spiro atoms. The number of rotatable bonds is 50. The molecule has 0 atom stereocenters. The van der Waals surface area contributed by atoms with Crippen LogP contribution in [0, 0.1) is 0 Å². The molecule has 0 aromatic heterocycles. The van der Waals surface area contributed by atoms with Crippen LogP contribution in [0.3, 0.4) is 0 Å². The van der Waals surface area contributed by atoms with E-state index in [2.05, 4.69) is 13.8 Å². The minimum atomic E-state index is -0.160. The molecule has 0 saturated heterocycles. The molecule has 0 aliphatic rings. The monoisotopic (exact) mass is 823 g/mol. The molecule has 0 aromatic carbocycles. The molecule has 13 heteroatoms. The molecule has 0 heterocycles. The maximum absolute atomic E-state index is 11.9. The zero-order chi connectivity index (χ0) is 41.2. The standard InChI is InChI=1S/C44H86O13/c1-3-5-7-8-9-10-11-12-13-14-15-16-17-18-20-22-44(46)57-42-40-55-38-36-53-34-32-51-30-28-49-26-24-47-23-25-48-27-29-50-31-33-52-35-37-54-39-41-56-43(45)21-19-6-4-2/h3-42H2,1-2H3. The molecule has 0 N–H and O–H groups in total. The fraction of sp³-hybridized carbons (Fsp3) is 0.955. The Hall–Kier alpha value is -1.42. The van der Waals surface area contributed by atoms with Crippen molar-refractivity contribution in [3.63, 3.8) is 0 Å². The lowest BCUT2D eigenvalue weighted by Gasteiger charge is -2.09. The molecule has 0 aliphatic heterocycles. The Morgan fingerprint density at radius 1 is 0.246 bits per heavy atom. The first-order valence-electron chi connectivity index (χ1n) is 22.7. The summed E-state index contributed by atoms with van der Waals surface area (Å²) < 4.78 is 59.7. The van der Waals surface area contributed by atoms with E-state index >= 15 is 0 Å². The summed E-state index contributed by atoms with van der Waals surface area (Å²) in [6.07, 6.45) is 23.7. The predicted molar refractivity (Wildman–Crippen MR) is 223 cm³/mol. The molecule has 57 heavy (non-hydrogen) atoms. The second-order valence-corrected chi connectivity index (χ2v) is 14.1. The van der Waals surface area contributed by atoms with E-state index in [-0.39, 0.29) is 25.2 Å². The fourth-order valence-electron chi connectivity index (χ4n) is 5.59. The lowest BCUT2D eigenvalue weighted by molar-refractivity contribution is -0.146. The van der Waals surface area contributed by atoms with Gasteiger partial charge in [-0.3, -0.25) is 9.59 Å². The van der Waals surface area contributed by atoms with E-state index in [4.69, 9.17) is 52.1 Å². The van der Waals surface area contributed by atoms with Crippen molar-refractivity contribution < 1.29 is 61.7 Å². The second-order valence-electron chi connectivity index (χ2n) is 14.1. The van der Waals surface area contributed by atoms with Crippen molar-refractivity contribution in [3.05, 3.63) is 0 Å². The SMILES string of the molecule is CCCCCCCCCCCCCCCCCC(=O)OCCOCCOCCOCCOCCOCCOCCOCCOCCOCCOC(=O)CCCCC. The van der Waals surface area contributed by atoms with E-state index in [9.17, 15) is 9.59 Å². The van der Waals surface area contributed by atoms with Gasteiger partial charge in [-0.15, -0.1) is 0 Å². The van der Waals surface area contributed by atoms with Crippen LogP contribution in [0.2, 0.25) is 0 Å². The topological polar surface area (TPSA) is 136 Å². The van der Waals surface area contributed by atoms with Crippen LogP contribution in [-0.4, -0.2) is 144 Å². The molecule has 0 radical (unpaired) electrons. The summed E-state index contributed by atoms with van der Waals surface area (Å²) in [6, 6.07) is 0. The minimum Gasteiger partial charge on any atom is -0.463 e. The summed E-state index contributed by atoms with van der Waals surface area (Å²) in [5, 5.41) is 0. The first kappa shape index (κ1) is 55.6. The van der Waals surface area contributed by atoms with Crippen LogP contribution in [0.4, 0.5) is 0 Å². The van der Waals surface area contributed by atoms with Crippen molar-refractivity contribution in [2.75, 3.05) is 132 Å². The normalized spacial score (nSPS) is 11.4. The van der Waals surface area contributed by atoms with E-state index < -0.39 is 0 Å². The van der Waals surface area contributed by atoms with Crippen molar-refractivity contribution in [3.8, 4) is 0 Å². The summed E-state index contributed by atoms with van der Waals surface area (Å²) >= 11 is 0. The molecule has 0 aromatic rings. The number of carbonyl (C=O) groups is 2. The van der Waals surface area contributed by atoms with E-state index in [0.29, 0.717) is 132 Å². The Kier molecular flexibility index (Phi) is 49.5. The predicted octanol–water partition coefficient (Wildman–Crippen LogP) is 8.06. The smallest absolute Gasteiger partial charge is 0.305 e. The van der Waals surface area contributed by atoms with Gasteiger partial charge in [-0.2, -0.15) is 0 Å². The third-order valence-corrected chi connectivity index (χ3v) is 8.93. The first-order chi connectivity index (χ1) is 28.2. The zero-order valence-corrected chi connectivity index (χ0v) is 36.6. The van der Waals surface area contributed by atoms with E-state index in [1.54, 1.807) is 0 Å². The van der Waals surface area contributed by atoms with Gasteiger partial charge in [0.25, 0.3) is 0 Å². The molecule has 13 nitrogen and oxygen atoms in total. The quantitative estimate of drug-likeness (QED) is 0.0433. The minimum absolute atomic E-state index is 0.133. The highest BCUT2D eigenvalue weighted by atomic mass is 16.6. The van der Waals surface area contributed by atoms with E-state index in [1.165, 1.54) is 83.5 Å². The molecule has 0 saturated carbocycles. The largest absolute Gasteiger partial charge is 0.463 e. The summed E-state index contributed by atoms with van der Waals surface area (Å²) in [7, 11) is 0. The van der Waals surface area contributed by atoms with Gasteiger partial charge in [0.1, 0.15) is 13.2 Å². The average molecular weight is 823 g/mol. The Morgan fingerprint density at radius 3 is 0.667 bits per heavy atom. The van der Waals surface area contributed by atoms with Crippen LogP contribution in [0.25, 0.3) is 0 Å². The number of hydrogen-bond donors (Lipinski definition) is 0. The summed E-state index contributed by atoms with van der Waals surface area (Å²) in [5.41, 5.74) is 0. The van der Waals surface area contributed by atoms with E-state index in [1.807, 2.05) is 0 Å². The molecule has 0 fully saturated rings. The molecular weight excluding hydrogens is 736 g/mol. The summed E-state index contributed by atoms with van der Waals surface area (Å²) in [6.45, 7) is 13.4. The average Bonchev–Trinajstić information content (AvgIpc) is 3.21. The molecule has 0 aliphatic carbocycles. The lowest BCUT2D eigenvalue weighted by atomic mass is 10.0. The Labute approximate surface area is 347 Å². The van der Waals surface area contributed by atoms with Gasteiger partial charge < -0.3 is 52.1 Å². The van der Waals surface area contributed by atoms with Crippen molar-refractivity contribution >= 4 is 11.9 Å². The van der Waals surface area contributed by atoms with E-state index in [0.717, 1.165) is 32.1 Å². The maximum Gasteiger partial charge on any atom is 0.305 e. The molecule has 0 amide bonds. The van der Waals surface area contributed by atoms with Gasteiger partial charge in [-0.05, 0) is 12.8 Å². The fourth-order valence-corrected chi connectivity index (χ4v) is 5.59. The van der Waals surface area contributed by atoms with Gasteiger partial charge in [-0.1, -0.05) is 117 Å². The Morgan fingerprint density at radius 2 is 0.421 bits per heavy atom. The summed E-state index contributed by atoms with van der Waals surface area (Å²) in [5.74, 6) is -0.293. The van der Waals surface area contributed by atoms with Crippen LogP contribution in [-0.2, 0) is 61.7 Å². The van der Waals surface area contributed by atoms with Gasteiger partial charge in [0.2, 0.25) is 0 Å². The Balaban J connectivity index is 3.15. The van der Waals surface area contributed by atoms with Crippen LogP contribution in [0.15, 0.2) is 0 Å². The third-order valence-electron chi connectivity index (χ3n) is 8.93. The second kappa shape index (κ2) is 50.7. The number of esters is 2. The van der Waals surface area contributed by atoms with Crippen LogP contribution < -0.4 is 0 Å². The number of carbonyl (C=O) groups excluding carboxylic acids is 2. The molecule has 0 unspecified atom stereocenters. The number of unbranched alkanes of at least 4 members (excludes halogenated alkanes) is 16. The van der Waals surface area contributed by atoms with Crippen molar-refractivity contribution in [1.29, 1.82) is 0 Å². The van der Waals surface area contributed by atoms with Crippen molar-refractivity contribution in [2.24, 2.45) is 0 Å². The molecule has 0 bridgehead atoms. The van der Waals surface area contributed by atoms with Gasteiger partial charge >= 0.3 is 11.9 Å². The molecular formula is C44H86O13. The van der Waals surface area contributed by atoms with Crippen molar-refractivity contribution in [1.82, 2.24) is 0 Å². The van der Waals surface area contributed by atoms with Gasteiger partial charge in [0.15, 0.2) is 0 Å². The first-order valence-corrected chi connectivity index (χ1v) is 22.7. The number of hydrogen-bond acceptors (Lipinski definition) is 13. The number of ether oxygens (including phenoxy) is 11. The van der Waals surface area contributed by atoms with Gasteiger partial charge in [0, 0.05) is 12.8 Å². The maximum atomic E-state index is 11.9. The lowest BCUT2D eigenvalue weighted by Crippen LogP contribution is -2.15. The molecule has 0 rings (SSSR count). The summed E-state index contributed by atoms with van der Waals surface area (Å²) in [4.78, 5) is 23.4. The highest BCUT2D eigenvalue weighted by Gasteiger charge is 2.04.